The number of nitrogens with one attached hydrogen (secondary N) is 1. The molecule has 92 valence electrons. The van der Waals surface area contributed by atoms with Gasteiger partial charge in [-0.05, 0) is 18.2 Å². The summed E-state index contributed by atoms with van der Waals surface area (Å²) in [6.07, 6.45) is 2.10. The van der Waals surface area contributed by atoms with Gasteiger partial charge in [-0.2, -0.15) is 0 Å². The fourth-order valence-corrected chi connectivity index (χ4v) is 2.83. The maximum atomic E-state index is 3.34. The van der Waals surface area contributed by atoms with E-state index in [-0.39, 0.29) is 0 Å². The molecular formula is C17H14N2. The van der Waals surface area contributed by atoms with E-state index in [0.717, 1.165) is 0 Å². The predicted molar refractivity (Wildman–Crippen MR) is 80.2 cm³/mol. The summed E-state index contributed by atoms with van der Waals surface area (Å²) in [4.78, 5) is 3.34. The molecule has 2 aromatic heterocycles. The normalized spacial score (nSPS) is 11.4. The average Bonchev–Trinajstić information content (AvgIpc) is 3.01. The Morgan fingerprint density at radius 2 is 1.74 bits per heavy atom. The third-order valence-corrected chi connectivity index (χ3v) is 3.82. The molecule has 0 amide bonds. The minimum absolute atomic E-state index is 1.18. The molecule has 2 aromatic carbocycles. The van der Waals surface area contributed by atoms with E-state index in [1.807, 2.05) is 0 Å². The Labute approximate surface area is 111 Å². The predicted octanol–water partition coefficient (Wildman–Crippen LogP) is 4.33. The summed E-state index contributed by atoms with van der Waals surface area (Å²) < 4.78 is 2.25. The lowest BCUT2D eigenvalue weighted by Crippen LogP contribution is -1.89. The molecule has 0 aliphatic carbocycles. The number of aryl methyl sites for hydroxylation is 1. The molecular weight excluding hydrogens is 232 g/mol. The number of aromatic nitrogens is 2. The van der Waals surface area contributed by atoms with Crippen LogP contribution in [0.5, 0.6) is 0 Å². The summed E-state index contributed by atoms with van der Waals surface area (Å²) in [6, 6.07) is 19.2. The second-order valence-corrected chi connectivity index (χ2v) is 4.90. The second-order valence-electron chi connectivity index (χ2n) is 4.90. The van der Waals surface area contributed by atoms with Crippen molar-refractivity contribution in [2.24, 2.45) is 7.05 Å². The summed E-state index contributed by atoms with van der Waals surface area (Å²) in [5.41, 5.74) is 4.96. The van der Waals surface area contributed by atoms with Gasteiger partial charge < -0.3 is 9.55 Å². The van der Waals surface area contributed by atoms with Crippen LogP contribution in [0.15, 0.2) is 60.8 Å². The van der Waals surface area contributed by atoms with Gasteiger partial charge >= 0.3 is 0 Å². The summed E-state index contributed by atoms with van der Waals surface area (Å²) in [6.45, 7) is 0. The van der Waals surface area contributed by atoms with Crippen LogP contribution in [0.1, 0.15) is 0 Å². The Bertz CT molecular complexity index is 880. The number of hydrogen-bond acceptors (Lipinski definition) is 0. The van der Waals surface area contributed by atoms with Gasteiger partial charge in [-0.1, -0.05) is 36.4 Å². The second kappa shape index (κ2) is 3.75. The standard InChI is InChI=1S/C17H14N2/c1-19-16-9-5-2-6-12(16)10-17(19)14-11-18-15-8-4-3-7-13(14)15/h2-11,18H,1H3. The quantitative estimate of drug-likeness (QED) is 0.516. The molecule has 0 saturated heterocycles. The largest absolute Gasteiger partial charge is 0.360 e. The van der Waals surface area contributed by atoms with Crippen LogP contribution >= 0.6 is 0 Å². The van der Waals surface area contributed by atoms with Crippen LogP contribution in [-0.2, 0) is 7.05 Å². The highest BCUT2D eigenvalue weighted by molar-refractivity contribution is 5.98. The number of benzene rings is 2. The fraction of sp³-hybridized carbons (Fsp3) is 0.0588. The molecule has 2 heterocycles. The van der Waals surface area contributed by atoms with Crippen molar-refractivity contribution in [3.8, 4) is 11.3 Å². The lowest BCUT2D eigenvalue weighted by Gasteiger charge is -2.02. The molecule has 2 heteroatoms. The first-order chi connectivity index (χ1) is 9.34. The van der Waals surface area contributed by atoms with E-state index in [9.17, 15) is 0 Å². The van der Waals surface area contributed by atoms with Crippen LogP contribution in [-0.4, -0.2) is 9.55 Å². The minimum Gasteiger partial charge on any atom is -0.360 e. The SMILES string of the molecule is Cn1c(-c2c[nH]c3ccccc23)cc2ccccc21. The number of fused-ring (bicyclic) bond motifs is 2. The van der Waals surface area contributed by atoms with E-state index >= 15 is 0 Å². The zero-order valence-electron chi connectivity index (χ0n) is 10.7. The van der Waals surface area contributed by atoms with Crippen LogP contribution in [0, 0.1) is 0 Å². The van der Waals surface area contributed by atoms with E-state index in [1.165, 1.54) is 33.1 Å². The molecule has 19 heavy (non-hydrogen) atoms. The topological polar surface area (TPSA) is 20.7 Å². The van der Waals surface area contributed by atoms with Gasteiger partial charge in [0.2, 0.25) is 0 Å². The average molecular weight is 246 g/mol. The van der Waals surface area contributed by atoms with Gasteiger partial charge in [0.15, 0.2) is 0 Å². The Balaban J connectivity index is 2.07. The first-order valence-corrected chi connectivity index (χ1v) is 6.45. The molecule has 0 radical (unpaired) electrons. The lowest BCUT2D eigenvalue weighted by molar-refractivity contribution is 0.979. The van der Waals surface area contributed by atoms with Gasteiger partial charge in [-0.25, -0.2) is 0 Å². The van der Waals surface area contributed by atoms with Crippen LogP contribution in [0.2, 0.25) is 0 Å². The van der Waals surface area contributed by atoms with Crippen molar-refractivity contribution in [1.29, 1.82) is 0 Å². The zero-order valence-corrected chi connectivity index (χ0v) is 10.7. The first kappa shape index (κ1) is 10.4. The Morgan fingerprint density at radius 3 is 2.63 bits per heavy atom. The monoisotopic (exact) mass is 246 g/mol. The van der Waals surface area contributed by atoms with Crippen LogP contribution in [0.3, 0.4) is 0 Å². The van der Waals surface area contributed by atoms with E-state index in [0.29, 0.717) is 0 Å². The van der Waals surface area contributed by atoms with Gasteiger partial charge in [0, 0.05) is 40.6 Å². The highest BCUT2D eigenvalue weighted by Crippen LogP contribution is 2.32. The van der Waals surface area contributed by atoms with Gasteiger partial charge in [-0.3, -0.25) is 0 Å². The van der Waals surface area contributed by atoms with Crippen LogP contribution < -0.4 is 0 Å². The fourth-order valence-electron chi connectivity index (χ4n) is 2.83. The van der Waals surface area contributed by atoms with Crippen molar-refractivity contribution in [2.45, 2.75) is 0 Å². The molecule has 0 bridgehead atoms. The zero-order chi connectivity index (χ0) is 12.8. The number of aromatic amines is 1. The maximum Gasteiger partial charge on any atom is 0.0510 e. The minimum atomic E-state index is 1.18. The molecule has 0 saturated carbocycles. The van der Waals surface area contributed by atoms with Crippen molar-refractivity contribution < 1.29 is 0 Å². The molecule has 0 atom stereocenters. The Morgan fingerprint density at radius 1 is 0.947 bits per heavy atom. The molecule has 0 fully saturated rings. The molecule has 0 aliphatic rings. The van der Waals surface area contributed by atoms with E-state index in [2.05, 4.69) is 77.4 Å². The molecule has 0 spiro atoms. The van der Waals surface area contributed by atoms with Crippen molar-refractivity contribution in [1.82, 2.24) is 9.55 Å². The van der Waals surface area contributed by atoms with E-state index in [4.69, 9.17) is 0 Å². The van der Waals surface area contributed by atoms with Crippen molar-refractivity contribution in [2.75, 3.05) is 0 Å². The summed E-state index contributed by atoms with van der Waals surface area (Å²) in [5, 5.41) is 2.55. The first-order valence-electron chi connectivity index (χ1n) is 6.45. The van der Waals surface area contributed by atoms with Crippen molar-refractivity contribution >= 4 is 21.8 Å². The Kier molecular flexibility index (Phi) is 2.06. The van der Waals surface area contributed by atoms with Gasteiger partial charge in [-0.15, -0.1) is 0 Å². The summed E-state index contributed by atoms with van der Waals surface area (Å²) >= 11 is 0. The number of para-hydroxylation sites is 2. The number of rotatable bonds is 1. The third-order valence-electron chi connectivity index (χ3n) is 3.82. The molecule has 1 N–H and O–H groups in total. The molecule has 2 nitrogen and oxygen atoms in total. The highest BCUT2D eigenvalue weighted by atomic mass is 14.9. The third kappa shape index (κ3) is 1.43. The summed E-state index contributed by atoms with van der Waals surface area (Å²) in [5.74, 6) is 0. The smallest absolute Gasteiger partial charge is 0.0510 e. The maximum absolute atomic E-state index is 3.34. The molecule has 0 aliphatic heterocycles. The van der Waals surface area contributed by atoms with Gasteiger partial charge in [0.25, 0.3) is 0 Å². The van der Waals surface area contributed by atoms with E-state index < -0.39 is 0 Å². The van der Waals surface area contributed by atoms with Gasteiger partial charge in [0.1, 0.15) is 0 Å². The summed E-state index contributed by atoms with van der Waals surface area (Å²) in [7, 11) is 2.12. The highest BCUT2D eigenvalue weighted by Gasteiger charge is 2.11. The van der Waals surface area contributed by atoms with Gasteiger partial charge in [0.05, 0.1) is 5.69 Å². The Hall–Kier alpha value is -2.48. The number of H-pyrrole nitrogens is 1. The van der Waals surface area contributed by atoms with Crippen molar-refractivity contribution in [3.63, 3.8) is 0 Å². The molecule has 4 rings (SSSR count). The molecule has 4 aromatic rings. The molecule has 0 unspecified atom stereocenters. The number of nitrogens with zero attached hydrogens (tertiary/aromatic N) is 1. The van der Waals surface area contributed by atoms with Crippen molar-refractivity contribution in [3.05, 3.63) is 60.8 Å². The van der Waals surface area contributed by atoms with E-state index in [1.54, 1.807) is 0 Å². The number of hydrogen-bond donors (Lipinski definition) is 1. The van der Waals surface area contributed by atoms with Crippen LogP contribution in [0.4, 0.5) is 0 Å². The van der Waals surface area contributed by atoms with Crippen LogP contribution in [0.25, 0.3) is 33.1 Å². The lowest BCUT2D eigenvalue weighted by atomic mass is 10.1.